The van der Waals surface area contributed by atoms with Gasteiger partial charge in [0.25, 0.3) is 0 Å². The highest BCUT2D eigenvalue weighted by atomic mass is 16.5. The van der Waals surface area contributed by atoms with Crippen LogP contribution in [0.15, 0.2) is 41.2 Å². The zero-order chi connectivity index (χ0) is 14.8. The molecule has 0 aliphatic rings. The monoisotopic (exact) mass is 285 g/mol. The van der Waals surface area contributed by atoms with Crippen LogP contribution in [0.4, 0.5) is 0 Å². The van der Waals surface area contributed by atoms with E-state index in [1.807, 2.05) is 19.2 Å². The molecule has 0 spiro atoms. The van der Waals surface area contributed by atoms with E-state index in [2.05, 4.69) is 15.2 Å². The highest BCUT2D eigenvalue weighted by Gasteiger charge is 2.17. The summed E-state index contributed by atoms with van der Waals surface area (Å²) in [6, 6.07) is 6.47. The highest BCUT2D eigenvalue weighted by Crippen LogP contribution is 2.20. The van der Waals surface area contributed by atoms with Crippen LogP contribution in [0.25, 0.3) is 11.4 Å². The predicted molar refractivity (Wildman–Crippen MR) is 75.2 cm³/mol. The molecular formula is C14H15N5O2. The Kier molecular flexibility index (Phi) is 3.41. The van der Waals surface area contributed by atoms with Crippen molar-refractivity contribution in [1.82, 2.24) is 19.9 Å². The van der Waals surface area contributed by atoms with Crippen molar-refractivity contribution in [3.8, 4) is 17.1 Å². The van der Waals surface area contributed by atoms with E-state index in [4.69, 9.17) is 10.3 Å². The third-order valence-electron chi connectivity index (χ3n) is 3.11. The number of phenols is 1. The van der Waals surface area contributed by atoms with Crippen molar-refractivity contribution < 1.29 is 9.63 Å². The summed E-state index contributed by atoms with van der Waals surface area (Å²) < 4.78 is 6.88. The standard InChI is InChI=1S/C14H15N5O2/c1-19-8-10(7-16-19)13-17-14(21-18-13)12(15)6-9-2-4-11(20)5-3-9/h2-5,7-8,12,20H,6,15H2,1H3/t12-/m0/s1. The van der Waals surface area contributed by atoms with Crippen LogP contribution in [0.5, 0.6) is 5.75 Å². The van der Waals surface area contributed by atoms with E-state index in [9.17, 15) is 5.11 Å². The van der Waals surface area contributed by atoms with E-state index in [-0.39, 0.29) is 5.75 Å². The predicted octanol–water partition coefficient (Wildman–Crippen LogP) is 1.42. The Bertz CT molecular complexity index is 732. The van der Waals surface area contributed by atoms with Crippen LogP contribution in [0.3, 0.4) is 0 Å². The summed E-state index contributed by atoms with van der Waals surface area (Å²) in [5.74, 6) is 1.07. The van der Waals surface area contributed by atoms with Gasteiger partial charge in [-0.05, 0) is 24.1 Å². The summed E-state index contributed by atoms with van der Waals surface area (Å²) in [6.07, 6.45) is 4.02. The van der Waals surface area contributed by atoms with E-state index < -0.39 is 6.04 Å². The summed E-state index contributed by atoms with van der Waals surface area (Å²) >= 11 is 0. The summed E-state index contributed by atoms with van der Waals surface area (Å²) in [7, 11) is 1.82. The average molecular weight is 285 g/mol. The molecule has 0 saturated carbocycles. The second kappa shape index (κ2) is 5.37. The number of aryl methyl sites for hydroxylation is 1. The van der Waals surface area contributed by atoms with Crippen molar-refractivity contribution >= 4 is 0 Å². The minimum Gasteiger partial charge on any atom is -0.508 e. The van der Waals surface area contributed by atoms with E-state index >= 15 is 0 Å². The molecule has 3 aromatic rings. The number of rotatable bonds is 4. The Hall–Kier alpha value is -2.67. The maximum atomic E-state index is 9.26. The Morgan fingerprint density at radius 1 is 1.33 bits per heavy atom. The van der Waals surface area contributed by atoms with Crippen LogP contribution in [0.1, 0.15) is 17.5 Å². The minimum atomic E-state index is -0.396. The Balaban J connectivity index is 1.74. The van der Waals surface area contributed by atoms with E-state index in [0.29, 0.717) is 18.1 Å². The molecule has 1 atom stereocenters. The molecule has 0 bridgehead atoms. The first kappa shape index (κ1) is 13.3. The van der Waals surface area contributed by atoms with Gasteiger partial charge in [0.15, 0.2) is 0 Å². The second-order valence-corrected chi connectivity index (χ2v) is 4.84. The SMILES string of the molecule is Cn1cc(-c2noc([C@@H](N)Cc3ccc(O)cc3)n2)cn1. The molecule has 2 heterocycles. The third kappa shape index (κ3) is 2.92. The molecule has 3 N–H and O–H groups in total. The number of nitrogens with zero attached hydrogens (tertiary/aromatic N) is 4. The lowest BCUT2D eigenvalue weighted by Gasteiger charge is -2.06. The van der Waals surface area contributed by atoms with E-state index in [1.54, 1.807) is 29.2 Å². The Labute approximate surface area is 121 Å². The molecule has 0 aliphatic heterocycles. The van der Waals surface area contributed by atoms with Gasteiger partial charge in [-0.2, -0.15) is 10.1 Å². The quantitative estimate of drug-likeness (QED) is 0.751. The van der Waals surface area contributed by atoms with Gasteiger partial charge in [-0.15, -0.1) is 0 Å². The zero-order valence-electron chi connectivity index (χ0n) is 11.5. The number of hydrogen-bond donors (Lipinski definition) is 2. The molecule has 1 aromatic carbocycles. The first-order valence-electron chi connectivity index (χ1n) is 6.48. The zero-order valence-corrected chi connectivity index (χ0v) is 11.5. The van der Waals surface area contributed by atoms with Gasteiger partial charge >= 0.3 is 0 Å². The number of benzene rings is 1. The second-order valence-electron chi connectivity index (χ2n) is 4.84. The normalized spacial score (nSPS) is 12.5. The molecule has 0 unspecified atom stereocenters. The number of hydrogen-bond acceptors (Lipinski definition) is 6. The van der Waals surface area contributed by atoms with Crippen molar-refractivity contribution in [3.05, 3.63) is 48.1 Å². The molecule has 21 heavy (non-hydrogen) atoms. The Morgan fingerprint density at radius 2 is 2.10 bits per heavy atom. The van der Waals surface area contributed by atoms with Gasteiger partial charge < -0.3 is 15.4 Å². The number of aromatic hydroxyl groups is 1. The molecule has 0 aliphatic carbocycles. The minimum absolute atomic E-state index is 0.226. The molecule has 0 fully saturated rings. The van der Waals surface area contributed by atoms with Crippen molar-refractivity contribution in [2.24, 2.45) is 12.8 Å². The van der Waals surface area contributed by atoms with Gasteiger partial charge in [0, 0.05) is 13.2 Å². The van der Waals surface area contributed by atoms with Crippen molar-refractivity contribution in [1.29, 1.82) is 0 Å². The van der Waals surface area contributed by atoms with Gasteiger partial charge in [0.2, 0.25) is 11.7 Å². The number of nitrogens with two attached hydrogens (primary N) is 1. The molecule has 7 nitrogen and oxygen atoms in total. The van der Waals surface area contributed by atoms with Gasteiger partial charge in [0.05, 0.1) is 17.8 Å². The van der Waals surface area contributed by atoms with Gasteiger partial charge in [-0.1, -0.05) is 17.3 Å². The van der Waals surface area contributed by atoms with E-state index in [0.717, 1.165) is 11.1 Å². The fraction of sp³-hybridized carbons (Fsp3) is 0.214. The third-order valence-corrected chi connectivity index (χ3v) is 3.11. The van der Waals surface area contributed by atoms with Crippen LogP contribution in [0, 0.1) is 0 Å². The van der Waals surface area contributed by atoms with Crippen molar-refractivity contribution in [2.45, 2.75) is 12.5 Å². The highest BCUT2D eigenvalue weighted by molar-refractivity contribution is 5.51. The maximum Gasteiger partial charge on any atom is 0.244 e. The topological polar surface area (TPSA) is 103 Å². The van der Waals surface area contributed by atoms with Gasteiger partial charge in [-0.25, -0.2) is 0 Å². The number of aromatic nitrogens is 4. The molecule has 0 radical (unpaired) electrons. The fourth-order valence-corrected chi connectivity index (χ4v) is 2.01. The lowest BCUT2D eigenvalue weighted by molar-refractivity contribution is 0.354. The molecule has 7 heteroatoms. The molecule has 3 rings (SSSR count). The van der Waals surface area contributed by atoms with Crippen LogP contribution < -0.4 is 5.73 Å². The molecule has 0 amide bonds. The first-order valence-corrected chi connectivity index (χ1v) is 6.48. The van der Waals surface area contributed by atoms with Crippen molar-refractivity contribution in [2.75, 3.05) is 0 Å². The van der Waals surface area contributed by atoms with Crippen LogP contribution in [-0.2, 0) is 13.5 Å². The Morgan fingerprint density at radius 3 is 2.76 bits per heavy atom. The smallest absolute Gasteiger partial charge is 0.244 e. The van der Waals surface area contributed by atoms with Gasteiger partial charge in [-0.3, -0.25) is 4.68 Å². The molecular weight excluding hydrogens is 270 g/mol. The van der Waals surface area contributed by atoms with E-state index in [1.165, 1.54) is 0 Å². The largest absolute Gasteiger partial charge is 0.508 e. The molecule has 0 saturated heterocycles. The van der Waals surface area contributed by atoms with Crippen LogP contribution in [-0.4, -0.2) is 25.0 Å². The summed E-state index contributed by atoms with van der Waals surface area (Å²) in [5, 5.41) is 17.2. The van der Waals surface area contributed by atoms with Crippen LogP contribution in [0.2, 0.25) is 0 Å². The summed E-state index contributed by atoms with van der Waals surface area (Å²) in [6.45, 7) is 0. The summed E-state index contributed by atoms with van der Waals surface area (Å²) in [4.78, 5) is 4.30. The first-order chi connectivity index (χ1) is 10.1. The summed E-state index contributed by atoms with van der Waals surface area (Å²) in [5.41, 5.74) is 7.85. The number of phenolic OH excluding ortho intramolecular Hbond substituents is 1. The fourth-order valence-electron chi connectivity index (χ4n) is 2.01. The lowest BCUT2D eigenvalue weighted by Crippen LogP contribution is -2.13. The molecule has 108 valence electrons. The van der Waals surface area contributed by atoms with Gasteiger partial charge in [0.1, 0.15) is 5.75 Å². The lowest BCUT2D eigenvalue weighted by atomic mass is 10.1. The average Bonchev–Trinajstić information content (AvgIpc) is 3.10. The molecule has 2 aromatic heterocycles. The van der Waals surface area contributed by atoms with Crippen molar-refractivity contribution in [3.63, 3.8) is 0 Å². The van der Waals surface area contributed by atoms with Crippen LogP contribution >= 0.6 is 0 Å². The maximum absolute atomic E-state index is 9.26.